The number of benzene rings is 1. The van der Waals surface area contributed by atoms with Crippen molar-refractivity contribution in [3.05, 3.63) is 34.6 Å². The molecule has 1 fully saturated rings. The Morgan fingerprint density at radius 3 is 2.50 bits per heavy atom. The van der Waals surface area contributed by atoms with Crippen LogP contribution in [0.3, 0.4) is 0 Å². The van der Waals surface area contributed by atoms with E-state index >= 15 is 0 Å². The molecular formula is C12H11Cl2F2N3O. The van der Waals surface area contributed by atoms with Crippen molar-refractivity contribution >= 4 is 24.0 Å². The molecule has 0 atom stereocenters. The van der Waals surface area contributed by atoms with Gasteiger partial charge in [-0.2, -0.15) is 4.98 Å². The summed E-state index contributed by atoms with van der Waals surface area (Å²) in [6, 6.07) is 1.80. The fourth-order valence-electron chi connectivity index (χ4n) is 2.00. The number of nitrogens with zero attached hydrogens (tertiary/aromatic N) is 2. The Hall–Kier alpha value is -1.24. The molecule has 0 aliphatic heterocycles. The fraction of sp³-hybridized carbons (Fsp3) is 0.333. The first kappa shape index (κ1) is 15.2. The molecule has 108 valence electrons. The summed E-state index contributed by atoms with van der Waals surface area (Å²) in [5.41, 5.74) is 5.63. The molecule has 2 N–H and O–H groups in total. The van der Waals surface area contributed by atoms with Gasteiger partial charge < -0.3 is 10.3 Å². The Morgan fingerprint density at radius 1 is 1.25 bits per heavy atom. The van der Waals surface area contributed by atoms with E-state index in [1.54, 1.807) is 0 Å². The van der Waals surface area contributed by atoms with Crippen molar-refractivity contribution in [2.24, 2.45) is 5.73 Å². The lowest BCUT2D eigenvalue weighted by molar-refractivity contribution is 0.229. The van der Waals surface area contributed by atoms with Gasteiger partial charge in [-0.1, -0.05) is 16.8 Å². The molecule has 3 rings (SSSR count). The van der Waals surface area contributed by atoms with Crippen LogP contribution in [0.1, 0.15) is 25.1 Å². The van der Waals surface area contributed by atoms with E-state index in [1.807, 2.05) is 0 Å². The molecule has 4 nitrogen and oxygen atoms in total. The van der Waals surface area contributed by atoms with Crippen LogP contribution < -0.4 is 5.73 Å². The molecule has 0 bridgehead atoms. The molecule has 1 saturated carbocycles. The zero-order chi connectivity index (χ0) is 13.6. The average molecular weight is 322 g/mol. The maximum Gasteiger partial charge on any atom is 0.259 e. The quantitative estimate of drug-likeness (QED) is 0.861. The van der Waals surface area contributed by atoms with E-state index in [0.29, 0.717) is 5.82 Å². The molecule has 1 aromatic carbocycles. The molecule has 0 unspecified atom stereocenters. The Morgan fingerprint density at radius 2 is 1.90 bits per heavy atom. The highest BCUT2D eigenvalue weighted by molar-refractivity contribution is 6.33. The second-order valence-corrected chi connectivity index (χ2v) is 5.09. The highest BCUT2D eigenvalue weighted by Crippen LogP contribution is 2.38. The molecule has 1 aromatic heterocycles. The van der Waals surface area contributed by atoms with Gasteiger partial charge in [-0.3, -0.25) is 0 Å². The van der Waals surface area contributed by atoms with Crippen LogP contribution >= 0.6 is 24.0 Å². The normalized spacial score (nSPS) is 16.4. The molecule has 1 heterocycles. The van der Waals surface area contributed by atoms with Crippen molar-refractivity contribution in [1.82, 2.24) is 10.1 Å². The predicted molar refractivity (Wildman–Crippen MR) is 71.6 cm³/mol. The first-order valence-corrected chi connectivity index (χ1v) is 6.15. The summed E-state index contributed by atoms with van der Waals surface area (Å²) in [5.74, 6) is -1.64. The molecule has 1 aliphatic carbocycles. The Bertz CT molecular complexity index is 644. The topological polar surface area (TPSA) is 64.9 Å². The van der Waals surface area contributed by atoms with E-state index in [9.17, 15) is 8.78 Å². The number of aromatic nitrogens is 2. The minimum Gasteiger partial charge on any atom is -0.334 e. The highest BCUT2D eigenvalue weighted by atomic mass is 35.5. The van der Waals surface area contributed by atoms with Gasteiger partial charge in [-0.15, -0.1) is 12.4 Å². The van der Waals surface area contributed by atoms with Crippen molar-refractivity contribution < 1.29 is 13.3 Å². The summed E-state index contributed by atoms with van der Waals surface area (Å²) in [6.45, 7) is 0. The van der Waals surface area contributed by atoms with E-state index in [-0.39, 0.29) is 28.9 Å². The van der Waals surface area contributed by atoms with Gasteiger partial charge in [0, 0.05) is 0 Å². The Labute approximate surface area is 124 Å². The second-order valence-electron chi connectivity index (χ2n) is 4.68. The molecule has 0 saturated heterocycles. The molecule has 0 radical (unpaired) electrons. The van der Waals surface area contributed by atoms with Crippen LogP contribution in [0.5, 0.6) is 0 Å². The maximum atomic E-state index is 13.2. The van der Waals surface area contributed by atoms with E-state index in [4.69, 9.17) is 21.9 Å². The van der Waals surface area contributed by atoms with Crippen LogP contribution in [0.4, 0.5) is 8.78 Å². The number of rotatable bonds is 2. The zero-order valence-electron chi connectivity index (χ0n) is 10.2. The SMILES string of the molecule is Cl.NC1(c2noc(-c3cc(F)c(F)cc3Cl)n2)CCC1. The van der Waals surface area contributed by atoms with E-state index in [2.05, 4.69) is 10.1 Å². The van der Waals surface area contributed by atoms with Gasteiger partial charge in [0.2, 0.25) is 0 Å². The lowest BCUT2D eigenvalue weighted by atomic mass is 9.77. The summed E-state index contributed by atoms with van der Waals surface area (Å²) in [6.07, 6.45) is 2.56. The van der Waals surface area contributed by atoms with Gasteiger partial charge in [0.05, 0.1) is 16.1 Å². The third kappa shape index (κ3) is 2.39. The minimum absolute atomic E-state index is 0. The van der Waals surface area contributed by atoms with Gasteiger partial charge in [0.15, 0.2) is 17.5 Å². The monoisotopic (exact) mass is 321 g/mol. The van der Waals surface area contributed by atoms with Crippen molar-refractivity contribution in [3.63, 3.8) is 0 Å². The smallest absolute Gasteiger partial charge is 0.259 e. The lowest BCUT2D eigenvalue weighted by Gasteiger charge is -2.34. The average Bonchev–Trinajstić information content (AvgIpc) is 2.80. The molecule has 0 spiro atoms. The third-order valence-electron chi connectivity index (χ3n) is 3.36. The first-order chi connectivity index (χ1) is 8.99. The highest BCUT2D eigenvalue weighted by Gasteiger charge is 2.39. The number of hydrogen-bond donors (Lipinski definition) is 1. The van der Waals surface area contributed by atoms with Crippen molar-refractivity contribution in [3.8, 4) is 11.5 Å². The standard InChI is InChI=1S/C12H10ClF2N3O.ClH/c13-7-5-9(15)8(14)4-6(7)10-17-11(18-19-10)12(16)2-1-3-12;/h4-5H,1-3,16H2;1H. The summed E-state index contributed by atoms with van der Waals surface area (Å²) >= 11 is 5.84. The van der Waals surface area contributed by atoms with Gasteiger partial charge in [-0.05, 0) is 31.4 Å². The molecule has 1 aliphatic rings. The third-order valence-corrected chi connectivity index (χ3v) is 3.67. The summed E-state index contributed by atoms with van der Waals surface area (Å²) in [7, 11) is 0. The molecule has 8 heteroatoms. The molecular weight excluding hydrogens is 311 g/mol. The first-order valence-electron chi connectivity index (χ1n) is 5.77. The number of hydrogen-bond acceptors (Lipinski definition) is 4. The predicted octanol–water partition coefficient (Wildman–Crippen LogP) is 3.43. The van der Waals surface area contributed by atoms with Gasteiger partial charge in [-0.25, -0.2) is 8.78 Å². The maximum absolute atomic E-state index is 13.2. The van der Waals surface area contributed by atoms with Crippen LogP contribution in [0.15, 0.2) is 16.7 Å². The number of halogens is 4. The largest absolute Gasteiger partial charge is 0.334 e. The van der Waals surface area contributed by atoms with Crippen LogP contribution in [0.2, 0.25) is 5.02 Å². The Kier molecular flexibility index (Phi) is 4.00. The van der Waals surface area contributed by atoms with Crippen molar-refractivity contribution in [2.75, 3.05) is 0 Å². The van der Waals surface area contributed by atoms with E-state index in [0.717, 1.165) is 31.4 Å². The van der Waals surface area contributed by atoms with Crippen LogP contribution in [0.25, 0.3) is 11.5 Å². The summed E-state index contributed by atoms with van der Waals surface area (Å²) in [5, 5.41) is 3.80. The summed E-state index contributed by atoms with van der Waals surface area (Å²) < 4.78 is 31.2. The zero-order valence-corrected chi connectivity index (χ0v) is 11.8. The van der Waals surface area contributed by atoms with Gasteiger partial charge in [0.1, 0.15) is 0 Å². The lowest BCUT2D eigenvalue weighted by Crippen LogP contribution is -2.44. The number of nitrogens with two attached hydrogens (primary N) is 1. The molecule has 0 amide bonds. The van der Waals surface area contributed by atoms with Crippen LogP contribution in [-0.4, -0.2) is 10.1 Å². The van der Waals surface area contributed by atoms with Crippen LogP contribution in [0, 0.1) is 11.6 Å². The fourth-order valence-corrected chi connectivity index (χ4v) is 2.23. The van der Waals surface area contributed by atoms with Gasteiger partial charge >= 0.3 is 0 Å². The Balaban J connectivity index is 0.00000147. The second kappa shape index (κ2) is 5.27. The van der Waals surface area contributed by atoms with Crippen LogP contribution in [-0.2, 0) is 5.54 Å². The molecule has 2 aromatic rings. The molecule has 20 heavy (non-hydrogen) atoms. The minimum atomic E-state index is -1.03. The summed E-state index contributed by atoms with van der Waals surface area (Å²) in [4.78, 5) is 4.13. The van der Waals surface area contributed by atoms with Gasteiger partial charge in [0.25, 0.3) is 5.89 Å². The van der Waals surface area contributed by atoms with E-state index < -0.39 is 17.2 Å². The van der Waals surface area contributed by atoms with Crippen molar-refractivity contribution in [1.29, 1.82) is 0 Å². The van der Waals surface area contributed by atoms with E-state index in [1.165, 1.54) is 0 Å². The van der Waals surface area contributed by atoms with Crippen molar-refractivity contribution in [2.45, 2.75) is 24.8 Å².